The van der Waals surface area contributed by atoms with E-state index in [0.29, 0.717) is 0 Å². The zero-order chi connectivity index (χ0) is 17.6. The molecule has 0 spiro atoms. The molecule has 0 aliphatic carbocycles. The molecule has 1 aliphatic heterocycles. The predicted molar refractivity (Wildman–Crippen MR) is 101 cm³/mol. The lowest BCUT2D eigenvalue weighted by Gasteiger charge is -2.37. The van der Waals surface area contributed by atoms with Gasteiger partial charge in [0.15, 0.2) is 0 Å². The molecule has 25 heavy (non-hydrogen) atoms. The number of carbonyl (C=O) groups is 1. The molecule has 1 fully saturated rings. The summed E-state index contributed by atoms with van der Waals surface area (Å²) in [5.41, 5.74) is 2.06. The molecule has 0 unspecified atom stereocenters. The van der Waals surface area contributed by atoms with Crippen LogP contribution in [-0.2, 0) is 4.79 Å². The van der Waals surface area contributed by atoms with Gasteiger partial charge in [-0.1, -0.05) is 30.3 Å². The first-order chi connectivity index (χ1) is 12.2. The fourth-order valence-corrected chi connectivity index (χ4v) is 3.16. The average molecular weight is 339 g/mol. The van der Waals surface area contributed by atoms with Crippen LogP contribution in [0.25, 0.3) is 0 Å². The van der Waals surface area contributed by atoms with E-state index in [1.807, 2.05) is 54.3 Å². The predicted octanol–water partition coefficient (Wildman–Crippen LogP) is 2.84. The Morgan fingerprint density at radius 1 is 1.00 bits per heavy atom. The maximum absolute atomic E-state index is 12.7. The van der Waals surface area contributed by atoms with Crippen molar-refractivity contribution in [1.29, 1.82) is 0 Å². The number of benzene rings is 2. The van der Waals surface area contributed by atoms with Gasteiger partial charge in [-0.25, -0.2) is 0 Å². The van der Waals surface area contributed by atoms with Crippen LogP contribution in [-0.4, -0.2) is 50.1 Å². The van der Waals surface area contributed by atoms with Crippen LogP contribution in [0.3, 0.4) is 0 Å². The Morgan fingerprint density at radius 3 is 2.32 bits per heavy atom. The normalized spacial score (nSPS) is 15.6. The molecule has 0 aromatic heterocycles. The van der Waals surface area contributed by atoms with Crippen LogP contribution in [0.15, 0.2) is 54.6 Å². The highest BCUT2D eigenvalue weighted by molar-refractivity contribution is 5.85. The number of nitrogens with one attached hydrogen (secondary N) is 1. The third-order valence-electron chi connectivity index (χ3n) is 4.56. The van der Waals surface area contributed by atoms with Gasteiger partial charge in [-0.3, -0.25) is 4.79 Å². The molecule has 5 heteroatoms. The summed E-state index contributed by atoms with van der Waals surface area (Å²) in [7, 11) is 1.63. The van der Waals surface area contributed by atoms with E-state index in [1.54, 1.807) is 7.11 Å². The summed E-state index contributed by atoms with van der Waals surface area (Å²) < 4.78 is 5.34. The Hall–Kier alpha value is -2.69. The fraction of sp³-hybridized carbons (Fsp3) is 0.350. The zero-order valence-electron chi connectivity index (χ0n) is 14.8. The minimum absolute atomic E-state index is 0.124. The highest BCUT2D eigenvalue weighted by atomic mass is 16.5. The van der Waals surface area contributed by atoms with Crippen molar-refractivity contribution in [1.82, 2.24) is 4.90 Å². The van der Waals surface area contributed by atoms with Crippen LogP contribution in [0.5, 0.6) is 5.75 Å². The summed E-state index contributed by atoms with van der Waals surface area (Å²) in [6.45, 7) is 5.10. The SMILES string of the molecule is COc1ccccc1N[C@H](C)C(=O)N1CCN(c2ccccc2)CC1. The summed E-state index contributed by atoms with van der Waals surface area (Å²) in [6.07, 6.45) is 0. The van der Waals surface area contributed by atoms with Crippen LogP contribution in [0.4, 0.5) is 11.4 Å². The van der Waals surface area contributed by atoms with Crippen molar-refractivity contribution in [3.63, 3.8) is 0 Å². The van der Waals surface area contributed by atoms with E-state index in [1.165, 1.54) is 5.69 Å². The molecule has 0 saturated carbocycles. The topological polar surface area (TPSA) is 44.8 Å². The van der Waals surface area contributed by atoms with Crippen LogP contribution in [0.2, 0.25) is 0 Å². The van der Waals surface area contributed by atoms with Gasteiger partial charge in [-0.2, -0.15) is 0 Å². The van der Waals surface area contributed by atoms with Gasteiger partial charge >= 0.3 is 0 Å². The summed E-state index contributed by atoms with van der Waals surface area (Å²) in [6, 6.07) is 17.7. The highest BCUT2D eigenvalue weighted by Crippen LogP contribution is 2.24. The average Bonchev–Trinajstić information content (AvgIpc) is 2.68. The van der Waals surface area contributed by atoms with Gasteiger partial charge in [0.05, 0.1) is 12.8 Å². The standard InChI is InChI=1S/C20H25N3O2/c1-16(21-18-10-6-7-11-19(18)25-2)20(24)23-14-12-22(13-15-23)17-8-4-3-5-9-17/h3-11,16,21H,12-15H2,1-2H3/t16-/m1/s1. The van der Waals surface area contributed by atoms with Crippen LogP contribution in [0.1, 0.15) is 6.92 Å². The van der Waals surface area contributed by atoms with E-state index < -0.39 is 0 Å². The molecule has 1 heterocycles. The molecule has 1 aliphatic rings. The lowest BCUT2D eigenvalue weighted by molar-refractivity contribution is -0.131. The first kappa shape index (κ1) is 17.1. The molecule has 2 aromatic rings. The second-order valence-corrected chi connectivity index (χ2v) is 6.21. The van der Waals surface area contributed by atoms with Crippen molar-refractivity contribution < 1.29 is 9.53 Å². The maximum atomic E-state index is 12.7. The van der Waals surface area contributed by atoms with Gasteiger partial charge in [0.2, 0.25) is 5.91 Å². The van der Waals surface area contributed by atoms with Gasteiger partial charge in [0.1, 0.15) is 11.8 Å². The zero-order valence-corrected chi connectivity index (χ0v) is 14.8. The Labute approximate surface area is 149 Å². The van der Waals surface area contributed by atoms with Gasteiger partial charge in [-0.15, -0.1) is 0 Å². The third-order valence-corrected chi connectivity index (χ3v) is 4.56. The lowest BCUT2D eigenvalue weighted by atomic mass is 10.2. The van der Waals surface area contributed by atoms with Gasteiger partial charge in [0.25, 0.3) is 0 Å². The van der Waals surface area contributed by atoms with Crippen molar-refractivity contribution in [2.24, 2.45) is 0 Å². The molecule has 3 rings (SSSR count). The van der Waals surface area contributed by atoms with Gasteiger partial charge < -0.3 is 19.9 Å². The van der Waals surface area contributed by atoms with Crippen LogP contribution >= 0.6 is 0 Å². The van der Waals surface area contributed by atoms with E-state index in [-0.39, 0.29) is 11.9 Å². The second kappa shape index (κ2) is 7.92. The number of carbonyl (C=O) groups excluding carboxylic acids is 1. The Morgan fingerprint density at radius 2 is 1.64 bits per heavy atom. The van der Waals surface area contributed by atoms with Crippen molar-refractivity contribution >= 4 is 17.3 Å². The number of piperazine rings is 1. The lowest BCUT2D eigenvalue weighted by Crippen LogP contribution is -2.52. The first-order valence-corrected chi connectivity index (χ1v) is 8.67. The monoisotopic (exact) mass is 339 g/mol. The minimum Gasteiger partial charge on any atom is -0.495 e. The van der Waals surface area contributed by atoms with Crippen molar-refractivity contribution in [2.45, 2.75) is 13.0 Å². The molecule has 1 atom stereocenters. The molecule has 1 amide bonds. The molecular weight excluding hydrogens is 314 g/mol. The van der Waals surface area contributed by atoms with Crippen molar-refractivity contribution in [3.05, 3.63) is 54.6 Å². The summed E-state index contributed by atoms with van der Waals surface area (Å²) in [4.78, 5) is 17.0. The Balaban J connectivity index is 1.57. The Bertz CT molecular complexity index is 697. The molecule has 132 valence electrons. The maximum Gasteiger partial charge on any atom is 0.244 e. The number of amides is 1. The summed E-state index contributed by atoms with van der Waals surface area (Å²) in [5.74, 6) is 0.870. The quantitative estimate of drug-likeness (QED) is 0.910. The van der Waals surface area contributed by atoms with Crippen LogP contribution < -0.4 is 15.0 Å². The van der Waals surface area contributed by atoms with E-state index in [4.69, 9.17) is 4.74 Å². The molecular formula is C20H25N3O2. The molecule has 1 saturated heterocycles. The third kappa shape index (κ3) is 4.05. The summed E-state index contributed by atoms with van der Waals surface area (Å²) >= 11 is 0. The van der Waals surface area contributed by atoms with E-state index in [9.17, 15) is 4.79 Å². The van der Waals surface area contributed by atoms with E-state index >= 15 is 0 Å². The molecule has 1 N–H and O–H groups in total. The molecule has 0 bridgehead atoms. The van der Waals surface area contributed by atoms with Gasteiger partial charge in [-0.05, 0) is 31.2 Å². The number of methoxy groups -OCH3 is 1. The van der Waals surface area contributed by atoms with Gasteiger partial charge in [0, 0.05) is 31.9 Å². The number of para-hydroxylation sites is 3. The molecule has 0 radical (unpaired) electrons. The van der Waals surface area contributed by atoms with Crippen molar-refractivity contribution in [2.75, 3.05) is 43.5 Å². The number of nitrogens with zero attached hydrogens (tertiary/aromatic N) is 2. The van der Waals surface area contributed by atoms with E-state index in [2.05, 4.69) is 22.3 Å². The van der Waals surface area contributed by atoms with Crippen molar-refractivity contribution in [3.8, 4) is 5.75 Å². The minimum atomic E-state index is -0.292. The number of rotatable bonds is 5. The smallest absolute Gasteiger partial charge is 0.244 e. The number of hydrogen-bond acceptors (Lipinski definition) is 4. The molecule has 5 nitrogen and oxygen atoms in total. The van der Waals surface area contributed by atoms with E-state index in [0.717, 1.165) is 37.6 Å². The first-order valence-electron chi connectivity index (χ1n) is 8.67. The number of anilines is 2. The number of ether oxygens (including phenoxy) is 1. The highest BCUT2D eigenvalue weighted by Gasteiger charge is 2.25. The molecule has 2 aromatic carbocycles. The largest absolute Gasteiger partial charge is 0.495 e. The van der Waals surface area contributed by atoms with Crippen LogP contribution in [0, 0.1) is 0 Å². The summed E-state index contributed by atoms with van der Waals surface area (Å²) in [5, 5.41) is 3.27. The fourth-order valence-electron chi connectivity index (χ4n) is 3.16. The Kier molecular flexibility index (Phi) is 5.43. The second-order valence-electron chi connectivity index (χ2n) is 6.21. The number of hydrogen-bond donors (Lipinski definition) is 1.